The molecule has 126 valence electrons. The molecule has 0 aromatic heterocycles. The van der Waals surface area contributed by atoms with Gasteiger partial charge in [0.15, 0.2) is 0 Å². The van der Waals surface area contributed by atoms with Gasteiger partial charge in [0, 0.05) is 0 Å². The molecule has 1 aromatic rings. The summed E-state index contributed by atoms with van der Waals surface area (Å²) >= 11 is 0. The number of hydrogen-bond acceptors (Lipinski definition) is 6. The lowest BCUT2D eigenvalue weighted by molar-refractivity contribution is -0.159. The second-order valence-electron chi connectivity index (χ2n) is 5.13. The van der Waals surface area contributed by atoms with Gasteiger partial charge in [-0.15, -0.1) is 0 Å². The van der Waals surface area contributed by atoms with Crippen LogP contribution in [0, 0.1) is 6.92 Å². The number of rotatable bonds is 6. The summed E-state index contributed by atoms with van der Waals surface area (Å²) in [5.74, 6) is -1.82. The molecule has 1 unspecified atom stereocenters. The summed E-state index contributed by atoms with van der Waals surface area (Å²) in [7, 11) is -3.99. The van der Waals surface area contributed by atoms with E-state index in [4.69, 9.17) is 9.47 Å². The molecule has 23 heavy (non-hydrogen) atoms. The van der Waals surface area contributed by atoms with Gasteiger partial charge in [0.25, 0.3) is 0 Å². The van der Waals surface area contributed by atoms with Crippen molar-refractivity contribution in [3.8, 4) is 0 Å². The van der Waals surface area contributed by atoms with Crippen LogP contribution in [0.25, 0.3) is 0 Å². The molecule has 7 nitrogen and oxygen atoms in total. The fraction of sp³-hybridized carbons (Fsp3) is 0.467. The number of ether oxygens (including phenoxy) is 2. The number of esters is 2. The third kappa shape index (κ3) is 2.96. The summed E-state index contributed by atoms with van der Waals surface area (Å²) < 4.78 is 35.9. The van der Waals surface area contributed by atoms with Gasteiger partial charge in [-0.25, -0.2) is 18.0 Å². The highest BCUT2D eigenvalue weighted by molar-refractivity contribution is 7.89. The molecule has 1 aliphatic heterocycles. The third-order valence-corrected chi connectivity index (χ3v) is 5.42. The summed E-state index contributed by atoms with van der Waals surface area (Å²) in [5.41, 5.74) is -1.01. The van der Waals surface area contributed by atoms with Crippen molar-refractivity contribution in [3.05, 3.63) is 29.8 Å². The molecule has 1 aliphatic rings. The minimum Gasteiger partial charge on any atom is -0.464 e. The highest BCUT2D eigenvalue weighted by Crippen LogP contribution is 2.41. The Labute approximate surface area is 135 Å². The van der Waals surface area contributed by atoms with Crippen LogP contribution in [0.3, 0.4) is 0 Å². The molecular weight excluding hydrogens is 322 g/mol. The number of aryl methyl sites for hydroxylation is 1. The minimum absolute atomic E-state index is 0.0126. The van der Waals surface area contributed by atoms with E-state index in [0.717, 1.165) is 9.87 Å². The molecule has 1 fully saturated rings. The first kappa shape index (κ1) is 17.4. The summed E-state index contributed by atoms with van der Waals surface area (Å²) in [6.45, 7) is 4.79. The second kappa shape index (κ2) is 6.29. The van der Waals surface area contributed by atoms with Gasteiger partial charge in [-0.1, -0.05) is 17.7 Å². The van der Waals surface area contributed by atoms with Crippen molar-refractivity contribution in [2.45, 2.75) is 31.2 Å². The Morgan fingerprint density at radius 2 is 1.57 bits per heavy atom. The van der Waals surface area contributed by atoms with Crippen molar-refractivity contribution >= 4 is 22.0 Å². The van der Waals surface area contributed by atoms with Gasteiger partial charge in [0.2, 0.25) is 15.6 Å². The molecule has 0 spiro atoms. The van der Waals surface area contributed by atoms with Gasteiger partial charge in [0.05, 0.1) is 24.7 Å². The molecule has 8 heteroatoms. The van der Waals surface area contributed by atoms with E-state index >= 15 is 0 Å². The van der Waals surface area contributed by atoms with Crippen LogP contribution in [0.1, 0.15) is 19.4 Å². The smallest absolute Gasteiger partial charge is 0.340 e. The van der Waals surface area contributed by atoms with Crippen LogP contribution in [-0.2, 0) is 29.1 Å². The molecule has 0 radical (unpaired) electrons. The van der Waals surface area contributed by atoms with Gasteiger partial charge in [-0.2, -0.15) is 4.31 Å². The van der Waals surface area contributed by atoms with Crippen LogP contribution in [0.2, 0.25) is 0 Å². The number of sulfonamides is 1. The number of carbonyl (C=O) groups excluding carboxylic acids is 2. The molecule has 1 saturated heterocycles. The van der Waals surface area contributed by atoms with Gasteiger partial charge >= 0.3 is 11.9 Å². The highest BCUT2D eigenvalue weighted by atomic mass is 32.2. The van der Waals surface area contributed by atoms with E-state index in [1.54, 1.807) is 26.0 Å². The van der Waals surface area contributed by atoms with E-state index in [-0.39, 0.29) is 24.7 Å². The molecule has 1 heterocycles. The van der Waals surface area contributed by atoms with Gasteiger partial charge < -0.3 is 9.47 Å². The van der Waals surface area contributed by atoms with Crippen LogP contribution in [0.5, 0.6) is 0 Å². The Morgan fingerprint density at radius 1 is 1.09 bits per heavy atom. The van der Waals surface area contributed by atoms with E-state index in [2.05, 4.69) is 0 Å². The predicted molar refractivity (Wildman–Crippen MR) is 81.1 cm³/mol. The number of hydrogen-bond donors (Lipinski definition) is 0. The van der Waals surface area contributed by atoms with E-state index < -0.39 is 27.5 Å². The van der Waals surface area contributed by atoms with Crippen molar-refractivity contribution in [1.29, 1.82) is 0 Å². The second-order valence-corrected chi connectivity index (χ2v) is 6.99. The molecule has 0 N–H and O–H groups in total. The molecule has 0 bridgehead atoms. The average molecular weight is 341 g/mol. The van der Waals surface area contributed by atoms with Gasteiger partial charge in [0.1, 0.15) is 0 Å². The van der Waals surface area contributed by atoms with E-state index in [9.17, 15) is 18.0 Å². The molecule has 0 amide bonds. The maximum Gasteiger partial charge on any atom is 0.340 e. The Morgan fingerprint density at radius 3 is 2.00 bits per heavy atom. The van der Waals surface area contributed by atoms with Gasteiger partial charge in [-0.3, -0.25) is 0 Å². The van der Waals surface area contributed by atoms with Crippen molar-refractivity contribution in [3.63, 3.8) is 0 Å². The van der Waals surface area contributed by atoms with E-state index in [0.29, 0.717) is 0 Å². The first-order chi connectivity index (χ1) is 10.8. The first-order valence-electron chi connectivity index (χ1n) is 7.24. The Bertz CT molecular complexity index is 692. The maximum absolute atomic E-state index is 12.6. The fourth-order valence-electron chi connectivity index (χ4n) is 2.22. The minimum atomic E-state index is -3.99. The molecular formula is C15H19NO6S. The van der Waals surface area contributed by atoms with Crippen molar-refractivity contribution in [2.75, 3.05) is 19.8 Å². The van der Waals surface area contributed by atoms with Crippen LogP contribution < -0.4 is 0 Å². The quantitative estimate of drug-likeness (QED) is 0.433. The zero-order chi connectivity index (χ0) is 17.3. The first-order valence-corrected chi connectivity index (χ1v) is 8.68. The summed E-state index contributed by atoms with van der Waals surface area (Å²) in [6.07, 6.45) is 0. The van der Waals surface area contributed by atoms with Gasteiger partial charge in [-0.05, 0) is 32.9 Å². The number of carbonyl (C=O) groups is 2. The normalized spacial score (nSPS) is 19.0. The lowest BCUT2D eigenvalue weighted by Crippen LogP contribution is -2.42. The zero-order valence-electron chi connectivity index (χ0n) is 13.2. The fourth-order valence-corrected chi connectivity index (χ4v) is 3.87. The maximum atomic E-state index is 12.6. The Kier molecular flexibility index (Phi) is 4.76. The third-order valence-electron chi connectivity index (χ3n) is 3.53. The molecule has 2 rings (SSSR count). The molecule has 0 aliphatic carbocycles. The molecule has 1 aromatic carbocycles. The standard InChI is InChI=1S/C15H19NO6S/c1-4-21-13(17)15(14(18)22-5-2)10-16(15)23(19,20)12-8-6-11(3)7-9-12/h6-9H,4-5,10H2,1-3H3. The van der Waals surface area contributed by atoms with E-state index in [1.165, 1.54) is 12.1 Å². The lowest BCUT2D eigenvalue weighted by atomic mass is 10.1. The lowest BCUT2D eigenvalue weighted by Gasteiger charge is -2.15. The Hall–Kier alpha value is -1.93. The zero-order valence-corrected chi connectivity index (χ0v) is 14.1. The molecule has 0 saturated carbocycles. The monoisotopic (exact) mass is 341 g/mol. The van der Waals surface area contributed by atoms with E-state index in [1.807, 2.05) is 6.92 Å². The number of benzene rings is 1. The van der Waals surface area contributed by atoms with Crippen molar-refractivity contribution in [2.24, 2.45) is 0 Å². The van der Waals surface area contributed by atoms with Crippen molar-refractivity contribution < 1.29 is 27.5 Å². The van der Waals surface area contributed by atoms with Crippen molar-refractivity contribution in [1.82, 2.24) is 4.31 Å². The summed E-state index contributed by atoms with van der Waals surface area (Å²) in [5, 5.41) is 0. The Balaban J connectivity index is 2.37. The largest absolute Gasteiger partial charge is 0.464 e. The summed E-state index contributed by atoms with van der Waals surface area (Å²) in [6, 6.07) is 6.16. The molecule has 1 atom stereocenters. The van der Waals surface area contributed by atoms with Crippen LogP contribution in [0.15, 0.2) is 29.2 Å². The number of nitrogens with zero attached hydrogens (tertiary/aromatic N) is 1. The summed E-state index contributed by atoms with van der Waals surface area (Å²) in [4.78, 5) is 24.3. The topological polar surface area (TPSA) is 89.8 Å². The average Bonchev–Trinajstić information content (AvgIpc) is 3.26. The van der Waals surface area contributed by atoms with Crippen LogP contribution >= 0.6 is 0 Å². The van der Waals surface area contributed by atoms with Crippen LogP contribution in [-0.4, -0.2) is 50.0 Å². The van der Waals surface area contributed by atoms with Crippen LogP contribution in [0.4, 0.5) is 0 Å². The highest BCUT2D eigenvalue weighted by Gasteiger charge is 2.72. The SMILES string of the molecule is CCOC(=O)C1(C(=O)OCC)CN1S(=O)(=O)c1ccc(C)cc1. The predicted octanol–water partition coefficient (Wildman–Crippen LogP) is 0.864.